The molecule has 0 atom stereocenters. The van der Waals surface area contributed by atoms with Crippen molar-refractivity contribution in [1.82, 2.24) is 10.2 Å². The Labute approximate surface area is 211 Å². The second kappa shape index (κ2) is 9.40. The molecule has 0 aliphatic carbocycles. The summed E-state index contributed by atoms with van der Waals surface area (Å²) in [5.41, 5.74) is -2.34. The van der Waals surface area contributed by atoms with Crippen LogP contribution in [0.25, 0.3) is 21.7 Å². The summed E-state index contributed by atoms with van der Waals surface area (Å²) in [6.07, 6.45) is -9.92. The van der Waals surface area contributed by atoms with E-state index in [-0.39, 0.29) is 17.6 Å². The van der Waals surface area contributed by atoms with E-state index in [9.17, 15) is 31.1 Å². The number of anilines is 1. The highest BCUT2D eigenvalue weighted by Crippen LogP contribution is 2.38. The van der Waals surface area contributed by atoms with Gasteiger partial charge < -0.3 is 10.1 Å². The SMILES string of the molecule is O=C(Nc1n[nH]c2ccc(OCc3ccc(C(F)(F)F)cc3C(F)(F)F)cc12)c1cccc2ccccc12. The molecule has 4 aromatic carbocycles. The van der Waals surface area contributed by atoms with Gasteiger partial charge in [-0.05, 0) is 47.2 Å². The molecular weight excluding hydrogens is 512 g/mol. The van der Waals surface area contributed by atoms with Gasteiger partial charge in [-0.3, -0.25) is 9.89 Å². The number of nitrogens with zero attached hydrogens (tertiary/aromatic N) is 1. The van der Waals surface area contributed by atoms with E-state index >= 15 is 0 Å². The molecule has 0 unspecified atom stereocenters. The molecular formula is C27H17F6N3O2. The Morgan fingerprint density at radius 3 is 2.37 bits per heavy atom. The second-order valence-corrected chi connectivity index (χ2v) is 8.42. The molecule has 5 nitrogen and oxygen atoms in total. The average molecular weight is 529 g/mol. The van der Waals surface area contributed by atoms with E-state index in [0.717, 1.165) is 16.8 Å². The van der Waals surface area contributed by atoms with Gasteiger partial charge in [-0.15, -0.1) is 0 Å². The Morgan fingerprint density at radius 2 is 1.61 bits per heavy atom. The number of carbonyl (C=O) groups is 1. The molecule has 1 heterocycles. The van der Waals surface area contributed by atoms with E-state index in [2.05, 4.69) is 15.5 Å². The zero-order valence-electron chi connectivity index (χ0n) is 19.2. The first-order chi connectivity index (χ1) is 18.0. The number of nitrogens with one attached hydrogen (secondary N) is 2. The monoisotopic (exact) mass is 529 g/mol. The van der Waals surface area contributed by atoms with Crippen molar-refractivity contribution in [3.05, 3.63) is 101 Å². The van der Waals surface area contributed by atoms with Crippen molar-refractivity contribution in [3.8, 4) is 5.75 Å². The molecule has 0 saturated carbocycles. The Bertz CT molecular complexity index is 1650. The molecule has 11 heteroatoms. The van der Waals surface area contributed by atoms with Crippen LogP contribution in [0.3, 0.4) is 0 Å². The lowest BCUT2D eigenvalue weighted by Gasteiger charge is -2.16. The fourth-order valence-electron chi connectivity index (χ4n) is 4.08. The summed E-state index contributed by atoms with van der Waals surface area (Å²) >= 11 is 0. The van der Waals surface area contributed by atoms with Crippen LogP contribution in [0.15, 0.2) is 78.9 Å². The lowest BCUT2D eigenvalue weighted by molar-refractivity contribution is -0.143. The summed E-state index contributed by atoms with van der Waals surface area (Å²) in [5, 5.41) is 11.7. The molecule has 0 aliphatic rings. The van der Waals surface area contributed by atoms with Crippen molar-refractivity contribution in [3.63, 3.8) is 0 Å². The van der Waals surface area contributed by atoms with Gasteiger partial charge in [0.25, 0.3) is 5.91 Å². The number of rotatable bonds is 5. The number of carbonyl (C=O) groups excluding carboxylic acids is 1. The number of amides is 1. The van der Waals surface area contributed by atoms with Crippen LogP contribution in [0.1, 0.15) is 27.0 Å². The van der Waals surface area contributed by atoms with Gasteiger partial charge in [0.15, 0.2) is 5.82 Å². The highest BCUT2D eigenvalue weighted by atomic mass is 19.4. The summed E-state index contributed by atoms with van der Waals surface area (Å²) in [5.74, 6) is -0.109. The minimum atomic E-state index is -5.01. The predicted molar refractivity (Wildman–Crippen MR) is 129 cm³/mol. The van der Waals surface area contributed by atoms with Crippen LogP contribution in [0.2, 0.25) is 0 Å². The molecule has 0 spiro atoms. The number of alkyl halides is 6. The van der Waals surface area contributed by atoms with Crippen molar-refractivity contribution in [2.24, 2.45) is 0 Å². The lowest BCUT2D eigenvalue weighted by atomic mass is 10.0. The number of aromatic nitrogens is 2. The number of halogens is 6. The summed E-state index contributed by atoms with van der Waals surface area (Å²) in [4.78, 5) is 13.0. The van der Waals surface area contributed by atoms with Crippen molar-refractivity contribution >= 4 is 33.4 Å². The number of ether oxygens (including phenoxy) is 1. The van der Waals surface area contributed by atoms with Gasteiger partial charge in [-0.25, -0.2) is 0 Å². The number of hydrogen-bond donors (Lipinski definition) is 2. The van der Waals surface area contributed by atoms with Crippen molar-refractivity contribution in [1.29, 1.82) is 0 Å². The summed E-state index contributed by atoms with van der Waals surface area (Å²) < 4.78 is 84.6. The number of H-pyrrole nitrogens is 1. The van der Waals surface area contributed by atoms with Gasteiger partial charge in [0.2, 0.25) is 0 Å². The first-order valence-corrected chi connectivity index (χ1v) is 11.2. The minimum absolute atomic E-state index is 0.0683. The highest BCUT2D eigenvalue weighted by molar-refractivity contribution is 6.14. The molecule has 1 amide bonds. The van der Waals surface area contributed by atoms with Gasteiger partial charge in [0.1, 0.15) is 12.4 Å². The molecule has 5 aromatic rings. The van der Waals surface area contributed by atoms with E-state index in [0.29, 0.717) is 22.5 Å². The van der Waals surface area contributed by atoms with E-state index in [1.807, 2.05) is 30.3 Å². The number of fused-ring (bicyclic) bond motifs is 2. The molecule has 38 heavy (non-hydrogen) atoms. The van der Waals surface area contributed by atoms with Crippen LogP contribution in [0.4, 0.5) is 32.2 Å². The molecule has 0 bridgehead atoms. The minimum Gasteiger partial charge on any atom is -0.489 e. The Kier molecular flexibility index (Phi) is 6.22. The quantitative estimate of drug-likeness (QED) is 0.231. The van der Waals surface area contributed by atoms with Gasteiger partial charge >= 0.3 is 12.4 Å². The van der Waals surface area contributed by atoms with E-state index in [1.165, 1.54) is 12.1 Å². The van der Waals surface area contributed by atoms with Crippen molar-refractivity contribution in [2.45, 2.75) is 19.0 Å². The van der Waals surface area contributed by atoms with Crippen LogP contribution >= 0.6 is 0 Å². The highest BCUT2D eigenvalue weighted by Gasteiger charge is 2.38. The normalized spacial score (nSPS) is 12.2. The number of aromatic amines is 1. The molecule has 1 aromatic heterocycles. The first-order valence-electron chi connectivity index (χ1n) is 11.2. The molecule has 5 rings (SSSR count). The molecule has 194 valence electrons. The van der Waals surface area contributed by atoms with Crippen molar-refractivity contribution in [2.75, 3.05) is 5.32 Å². The second-order valence-electron chi connectivity index (χ2n) is 8.42. The topological polar surface area (TPSA) is 67.0 Å². The Hall–Kier alpha value is -4.54. The molecule has 0 fully saturated rings. The third-order valence-electron chi connectivity index (χ3n) is 5.94. The van der Waals surface area contributed by atoms with Gasteiger partial charge in [0, 0.05) is 16.5 Å². The van der Waals surface area contributed by atoms with Gasteiger partial charge in [-0.2, -0.15) is 31.4 Å². The van der Waals surface area contributed by atoms with E-state index in [4.69, 9.17) is 4.74 Å². The fraction of sp³-hybridized carbons (Fsp3) is 0.111. The summed E-state index contributed by atoms with van der Waals surface area (Å²) in [7, 11) is 0. The summed E-state index contributed by atoms with van der Waals surface area (Å²) in [6, 6.07) is 18.5. The van der Waals surface area contributed by atoms with Crippen LogP contribution in [0.5, 0.6) is 5.75 Å². The molecule has 0 saturated heterocycles. The maximum absolute atomic E-state index is 13.4. The zero-order chi connectivity index (χ0) is 27.1. The van der Waals surface area contributed by atoms with Crippen LogP contribution < -0.4 is 10.1 Å². The molecule has 0 radical (unpaired) electrons. The Balaban J connectivity index is 1.39. The largest absolute Gasteiger partial charge is 0.489 e. The fourth-order valence-corrected chi connectivity index (χ4v) is 4.08. The maximum atomic E-state index is 13.4. The molecule has 0 aliphatic heterocycles. The average Bonchev–Trinajstić information content (AvgIpc) is 3.27. The van der Waals surface area contributed by atoms with Gasteiger partial charge in [0.05, 0.1) is 16.6 Å². The number of hydrogen-bond acceptors (Lipinski definition) is 3. The van der Waals surface area contributed by atoms with E-state index < -0.39 is 41.6 Å². The lowest BCUT2D eigenvalue weighted by Crippen LogP contribution is -2.14. The summed E-state index contributed by atoms with van der Waals surface area (Å²) in [6.45, 7) is -0.631. The smallest absolute Gasteiger partial charge is 0.416 e. The third-order valence-corrected chi connectivity index (χ3v) is 5.94. The van der Waals surface area contributed by atoms with Crippen LogP contribution in [-0.2, 0) is 19.0 Å². The van der Waals surface area contributed by atoms with Gasteiger partial charge in [-0.1, -0.05) is 42.5 Å². The van der Waals surface area contributed by atoms with Crippen molar-refractivity contribution < 1.29 is 35.9 Å². The Morgan fingerprint density at radius 1 is 0.842 bits per heavy atom. The maximum Gasteiger partial charge on any atom is 0.416 e. The number of benzene rings is 4. The van der Waals surface area contributed by atoms with E-state index in [1.54, 1.807) is 18.2 Å². The van der Waals surface area contributed by atoms with Crippen LogP contribution in [0, 0.1) is 0 Å². The first kappa shape index (κ1) is 25.1. The standard InChI is InChI=1S/C27H17F6N3O2/c28-26(29,30)17-9-8-16(22(12-17)27(31,32)33)14-38-18-10-11-23-21(13-18)24(36-35-23)34-25(37)20-7-3-5-15-4-1-2-6-19(15)20/h1-13H,14H2,(H2,34,35,36,37). The zero-order valence-corrected chi connectivity index (χ0v) is 19.2. The molecule has 2 N–H and O–H groups in total. The predicted octanol–water partition coefficient (Wildman–Crippen LogP) is 7.59. The van der Waals surface area contributed by atoms with Crippen LogP contribution in [-0.4, -0.2) is 16.1 Å². The third kappa shape index (κ3) is 4.99.